The van der Waals surface area contributed by atoms with E-state index in [1.165, 1.54) is 0 Å². The Labute approximate surface area is 125 Å². The largest absolute Gasteiger partial charge is 0.486 e. The Kier molecular flexibility index (Phi) is 4.01. The van der Waals surface area contributed by atoms with Crippen molar-refractivity contribution in [3.63, 3.8) is 0 Å². The lowest BCUT2D eigenvalue weighted by Gasteiger charge is -2.29. The Morgan fingerprint density at radius 3 is 3.05 bits per heavy atom. The molecule has 0 saturated carbocycles. The van der Waals surface area contributed by atoms with Crippen LogP contribution in [-0.2, 0) is 4.79 Å². The molecule has 2 atom stereocenters. The minimum absolute atomic E-state index is 0.0768. The molecule has 2 aliphatic heterocycles. The van der Waals surface area contributed by atoms with Gasteiger partial charge in [0.1, 0.15) is 13.2 Å². The molecule has 1 amide bonds. The lowest BCUT2D eigenvalue weighted by Crippen LogP contribution is -2.34. The third-order valence-electron chi connectivity index (χ3n) is 4.03. The van der Waals surface area contributed by atoms with E-state index in [2.05, 4.69) is 0 Å². The van der Waals surface area contributed by atoms with Crippen molar-refractivity contribution in [1.29, 1.82) is 0 Å². The second-order valence-corrected chi connectivity index (χ2v) is 5.80. The van der Waals surface area contributed by atoms with E-state index in [-0.39, 0.29) is 18.0 Å². The van der Waals surface area contributed by atoms with Crippen molar-refractivity contribution in [3.8, 4) is 11.5 Å². The van der Waals surface area contributed by atoms with E-state index in [0.29, 0.717) is 19.6 Å². The minimum atomic E-state index is -0.108. The molecule has 5 heteroatoms. The van der Waals surface area contributed by atoms with Crippen LogP contribution in [0.15, 0.2) is 18.2 Å². The van der Waals surface area contributed by atoms with Gasteiger partial charge in [0.2, 0.25) is 5.91 Å². The van der Waals surface area contributed by atoms with E-state index >= 15 is 0 Å². The lowest BCUT2D eigenvalue weighted by atomic mass is 10.0. The van der Waals surface area contributed by atoms with Crippen LogP contribution in [-0.4, -0.2) is 36.6 Å². The van der Waals surface area contributed by atoms with Crippen LogP contribution in [0.5, 0.6) is 11.5 Å². The fraction of sp³-hybridized carbons (Fsp3) is 0.562. The molecule has 2 heterocycles. The summed E-state index contributed by atoms with van der Waals surface area (Å²) < 4.78 is 11.4. The molecule has 0 aromatic heterocycles. The van der Waals surface area contributed by atoms with E-state index in [4.69, 9.17) is 15.2 Å². The molecule has 1 saturated heterocycles. The van der Waals surface area contributed by atoms with Gasteiger partial charge in [0, 0.05) is 24.6 Å². The van der Waals surface area contributed by atoms with Crippen molar-refractivity contribution < 1.29 is 14.3 Å². The van der Waals surface area contributed by atoms with Crippen LogP contribution in [0.2, 0.25) is 0 Å². The zero-order valence-electron chi connectivity index (χ0n) is 12.4. The van der Waals surface area contributed by atoms with Gasteiger partial charge < -0.3 is 20.1 Å². The molecule has 0 bridgehead atoms. The summed E-state index contributed by atoms with van der Waals surface area (Å²) in [4.78, 5) is 14.3. The molecule has 2 aliphatic rings. The average Bonchev–Trinajstić information content (AvgIpc) is 2.95. The van der Waals surface area contributed by atoms with Gasteiger partial charge in [-0.3, -0.25) is 4.79 Å². The predicted molar refractivity (Wildman–Crippen MR) is 79.4 cm³/mol. The number of nitrogens with two attached hydrogens (primary N) is 1. The molecule has 1 aromatic carbocycles. The van der Waals surface area contributed by atoms with Crippen LogP contribution in [0, 0.1) is 0 Å². The molecule has 3 rings (SSSR count). The Morgan fingerprint density at radius 2 is 2.24 bits per heavy atom. The van der Waals surface area contributed by atoms with E-state index in [1.807, 2.05) is 30.0 Å². The maximum absolute atomic E-state index is 12.4. The van der Waals surface area contributed by atoms with E-state index in [1.54, 1.807) is 0 Å². The highest BCUT2D eigenvalue weighted by atomic mass is 16.6. The zero-order valence-corrected chi connectivity index (χ0v) is 12.4. The second kappa shape index (κ2) is 5.93. The first-order valence-electron chi connectivity index (χ1n) is 7.60. The Hall–Kier alpha value is -1.75. The molecule has 1 fully saturated rings. The summed E-state index contributed by atoms with van der Waals surface area (Å²) in [5.41, 5.74) is 6.82. The van der Waals surface area contributed by atoms with Gasteiger partial charge in [0.25, 0.3) is 0 Å². The SMILES string of the molecule is CC(N)CC(=O)N1CCCC1c1cccc2c1OCCO2. The monoisotopic (exact) mass is 290 g/mol. The number of carbonyl (C=O) groups excluding carboxylic acids is 1. The van der Waals surface area contributed by atoms with E-state index in [0.717, 1.165) is 36.4 Å². The van der Waals surface area contributed by atoms with E-state index in [9.17, 15) is 4.79 Å². The third kappa shape index (κ3) is 2.83. The number of amides is 1. The topological polar surface area (TPSA) is 64.8 Å². The molecule has 114 valence electrons. The van der Waals surface area contributed by atoms with Crippen LogP contribution >= 0.6 is 0 Å². The van der Waals surface area contributed by atoms with Crippen molar-refractivity contribution in [3.05, 3.63) is 23.8 Å². The summed E-state index contributed by atoms with van der Waals surface area (Å²) in [6.07, 6.45) is 2.37. The number of hydrogen-bond acceptors (Lipinski definition) is 4. The van der Waals surface area contributed by atoms with E-state index < -0.39 is 0 Å². The Balaban J connectivity index is 1.87. The summed E-state index contributed by atoms with van der Waals surface area (Å²) in [6.45, 7) is 3.80. The standard InChI is InChI=1S/C16H22N2O3/c1-11(17)10-15(19)18-7-3-5-13(18)12-4-2-6-14-16(12)21-9-8-20-14/h2,4,6,11,13H,3,5,7-10,17H2,1H3. The van der Waals surface area contributed by atoms with Gasteiger partial charge in [0.15, 0.2) is 11.5 Å². The number of fused-ring (bicyclic) bond motifs is 1. The van der Waals surface area contributed by atoms with Crippen molar-refractivity contribution in [2.75, 3.05) is 19.8 Å². The molecule has 21 heavy (non-hydrogen) atoms. The van der Waals surface area contributed by atoms with Gasteiger partial charge in [0.05, 0.1) is 6.04 Å². The molecular formula is C16H22N2O3. The normalized spacial score (nSPS) is 22.2. The quantitative estimate of drug-likeness (QED) is 0.923. The fourth-order valence-electron chi connectivity index (χ4n) is 3.14. The van der Waals surface area contributed by atoms with Crippen LogP contribution in [0.4, 0.5) is 0 Å². The highest BCUT2D eigenvalue weighted by Crippen LogP contribution is 2.42. The summed E-state index contributed by atoms with van der Waals surface area (Å²) >= 11 is 0. The number of nitrogens with zero attached hydrogens (tertiary/aromatic N) is 1. The summed E-state index contributed by atoms with van der Waals surface area (Å²) in [5, 5.41) is 0. The molecule has 2 N–H and O–H groups in total. The maximum Gasteiger partial charge on any atom is 0.224 e. The number of benzene rings is 1. The fourth-order valence-corrected chi connectivity index (χ4v) is 3.14. The smallest absolute Gasteiger partial charge is 0.224 e. The first-order chi connectivity index (χ1) is 10.2. The molecule has 2 unspecified atom stereocenters. The number of para-hydroxylation sites is 1. The van der Waals surface area contributed by atoms with Gasteiger partial charge in [-0.1, -0.05) is 12.1 Å². The van der Waals surface area contributed by atoms with Crippen molar-refractivity contribution in [2.24, 2.45) is 5.73 Å². The minimum Gasteiger partial charge on any atom is -0.486 e. The van der Waals surface area contributed by atoms with Gasteiger partial charge in [-0.15, -0.1) is 0 Å². The lowest BCUT2D eigenvalue weighted by molar-refractivity contribution is -0.132. The van der Waals surface area contributed by atoms with Gasteiger partial charge >= 0.3 is 0 Å². The summed E-state index contributed by atoms with van der Waals surface area (Å²) in [6, 6.07) is 5.89. The average molecular weight is 290 g/mol. The molecular weight excluding hydrogens is 268 g/mol. The number of likely N-dealkylation sites (tertiary alicyclic amines) is 1. The third-order valence-corrected chi connectivity index (χ3v) is 4.03. The van der Waals surface area contributed by atoms with Gasteiger partial charge in [-0.25, -0.2) is 0 Å². The summed E-state index contributed by atoms with van der Waals surface area (Å²) in [7, 11) is 0. The Bertz CT molecular complexity index is 530. The molecule has 5 nitrogen and oxygen atoms in total. The molecule has 0 radical (unpaired) electrons. The predicted octanol–water partition coefficient (Wildman–Crippen LogP) is 1.86. The zero-order chi connectivity index (χ0) is 14.8. The number of hydrogen-bond donors (Lipinski definition) is 1. The number of rotatable bonds is 3. The van der Waals surface area contributed by atoms with Crippen LogP contribution < -0.4 is 15.2 Å². The van der Waals surface area contributed by atoms with Gasteiger partial charge in [-0.2, -0.15) is 0 Å². The summed E-state index contributed by atoms with van der Waals surface area (Å²) in [5.74, 6) is 1.71. The number of carbonyl (C=O) groups is 1. The number of ether oxygens (including phenoxy) is 2. The first kappa shape index (κ1) is 14.2. The van der Waals surface area contributed by atoms with Gasteiger partial charge in [-0.05, 0) is 25.8 Å². The van der Waals surface area contributed by atoms with Crippen LogP contribution in [0.25, 0.3) is 0 Å². The maximum atomic E-state index is 12.4. The highest BCUT2D eigenvalue weighted by molar-refractivity contribution is 5.78. The highest BCUT2D eigenvalue weighted by Gasteiger charge is 2.33. The first-order valence-corrected chi connectivity index (χ1v) is 7.60. The van der Waals surface area contributed by atoms with Crippen molar-refractivity contribution >= 4 is 5.91 Å². The van der Waals surface area contributed by atoms with Crippen molar-refractivity contribution in [1.82, 2.24) is 4.90 Å². The Morgan fingerprint density at radius 1 is 1.43 bits per heavy atom. The van der Waals surface area contributed by atoms with Crippen molar-refractivity contribution in [2.45, 2.75) is 38.3 Å². The molecule has 0 spiro atoms. The van der Waals surface area contributed by atoms with Crippen LogP contribution in [0.3, 0.4) is 0 Å². The second-order valence-electron chi connectivity index (χ2n) is 5.80. The van der Waals surface area contributed by atoms with Crippen LogP contribution in [0.1, 0.15) is 37.8 Å². The molecule has 1 aromatic rings. The molecule has 0 aliphatic carbocycles.